The zero-order chi connectivity index (χ0) is 34.4. The monoisotopic (exact) mass is 683 g/mol. The molecule has 0 spiro atoms. The molecule has 0 saturated carbocycles. The summed E-state index contributed by atoms with van der Waals surface area (Å²) in [6, 6.07) is 3.88. The topological polar surface area (TPSA) is 159 Å². The quantitative estimate of drug-likeness (QED) is 0.137. The number of carbonyl (C=O) groups excluding carboxylic acids is 4. The summed E-state index contributed by atoms with van der Waals surface area (Å²) in [6.07, 6.45) is 0.871. The summed E-state index contributed by atoms with van der Waals surface area (Å²) < 4.78 is 0. The summed E-state index contributed by atoms with van der Waals surface area (Å²) in [5.74, 6) is -2.54. The molecule has 0 bridgehead atoms. The minimum absolute atomic E-state index is 0.103. The standard InChI is InChI=1S/C33H41N5O7S2/c1-17-8-10-23(19(3)18(17)2)26(40)11-9-22-13-34-38(14-22)33(20(4)39)16-37-29(42)24(30(37)47-33)12-27(41)28(25-15-46-21(5)35-25)36-45-32(6,7)31(43)44/h8,10,15,22,24,30,34H,9,11-14,16H2,1-7H3,(H,43,44)/b36-28-/t22?,24-,30-,33-/m1/s1. The number of benzene rings is 1. The van der Waals surface area contributed by atoms with Crippen LogP contribution in [-0.2, 0) is 24.0 Å². The Balaban J connectivity index is 1.25. The Bertz CT molecular complexity index is 1670. The molecule has 47 heavy (non-hydrogen) atoms. The molecule has 14 heteroatoms. The lowest BCUT2D eigenvalue weighted by molar-refractivity contribution is -0.161. The highest BCUT2D eigenvalue weighted by atomic mass is 32.2. The molecule has 1 unspecified atom stereocenters. The Labute approximate surface area is 282 Å². The number of aryl methyl sites for hydroxylation is 2. The number of nitrogens with zero attached hydrogens (tertiary/aromatic N) is 4. The Morgan fingerprint density at radius 2 is 1.89 bits per heavy atom. The van der Waals surface area contributed by atoms with Crippen molar-refractivity contribution in [1.82, 2.24) is 20.3 Å². The molecule has 3 saturated heterocycles. The summed E-state index contributed by atoms with van der Waals surface area (Å²) in [7, 11) is 0. The first-order valence-corrected chi connectivity index (χ1v) is 17.4. The predicted molar refractivity (Wildman–Crippen MR) is 178 cm³/mol. The van der Waals surface area contributed by atoms with E-state index in [1.807, 2.05) is 37.9 Å². The third-order valence-corrected chi connectivity index (χ3v) is 12.1. The Hall–Kier alpha value is -3.46. The first kappa shape index (κ1) is 34.9. The van der Waals surface area contributed by atoms with Gasteiger partial charge in [-0.25, -0.2) is 14.8 Å². The Kier molecular flexibility index (Phi) is 9.80. The predicted octanol–water partition coefficient (Wildman–Crippen LogP) is 3.84. The lowest BCUT2D eigenvalue weighted by Gasteiger charge is -2.41. The number of Topliss-reactive ketones (excluding diaryl/α,β-unsaturated/α-hetero) is 3. The summed E-state index contributed by atoms with van der Waals surface area (Å²) in [6.45, 7) is 13.3. The second-order valence-electron chi connectivity index (χ2n) is 13.1. The number of hydrazine groups is 1. The van der Waals surface area contributed by atoms with E-state index < -0.39 is 33.5 Å². The largest absolute Gasteiger partial charge is 0.478 e. The number of fused-ring (bicyclic) bond motifs is 1. The molecule has 3 aliphatic heterocycles. The fraction of sp³-hybridized carbons (Fsp3) is 0.545. The molecular weight excluding hydrogens is 643 g/mol. The SMILES string of the molecule is CC(=O)[C@@]1(N2CC(CCC(=O)c3ccc(C)c(C)c3C)CN2)CN2C(=O)[C@@H](CC(=O)/C(=N\OC(C)(C)C(=O)O)c3csc(C)n3)[C@H]2S1. The van der Waals surface area contributed by atoms with Gasteiger partial charge in [0.25, 0.3) is 0 Å². The van der Waals surface area contributed by atoms with Crippen LogP contribution >= 0.6 is 23.1 Å². The number of thioether (sulfide) groups is 1. The number of amides is 1. The maximum absolute atomic E-state index is 13.6. The molecule has 0 radical (unpaired) electrons. The van der Waals surface area contributed by atoms with Gasteiger partial charge < -0.3 is 14.8 Å². The van der Waals surface area contributed by atoms with Gasteiger partial charge in [-0.3, -0.25) is 24.6 Å². The number of nitrogens with one attached hydrogen (secondary N) is 1. The smallest absolute Gasteiger partial charge is 0.350 e. The summed E-state index contributed by atoms with van der Waals surface area (Å²) in [5.41, 5.74) is 5.83. The van der Waals surface area contributed by atoms with Crippen molar-refractivity contribution in [3.05, 3.63) is 50.5 Å². The van der Waals surface area contributed by atoms with Crippen molar-refractivity contribution in [3.63, 3.8) is 0 Å². The highest BCUT2D eigenvalue weighted by molar-refractivity contribution is 8.02. The van der Waals surface area contributed by atoms with Crippen molar-refractivity contribution in [2.24, 2.45) is 17.0 Å². The van der Waals surface area contributed by atoms with Crippen molar-refractivity contribution in [2.75, 3.05) is 19.6 Å². The van der Waals surface area contributed by atoms with Crippen molar-refractivity contribution < 1.29 is 33.9 Å². The fourth-order valence-corrected chi connectivity index (χ4v) is 8.46. The van der Waals surface area contributed by atoms with Crippen molar-refractivity contribution in [1.29, 1.82) is 0 Å². The number of oxime groups is 1. The van der Waals surface area contributed by atoms with Gasteiger partial charge in [-0.1, -0.05) is 17.3 Å². The second-order valence-corrected chi connectivity index (χ2v) is 15.6. The van der Waals surface area contributed by atoms with Crippen LogP contribution < -0.4 is 5.43 Å². The van der Waals surface area contributed by atoms with Crippen LogP contribution in [-0.4, -0.2) is 90.4 Å². The third kappa shape index (κ3) is 6.65. The average molecular weight is 684 g/mol. The normalized spacial score (nSPS) is 24.7. The molecule has 0 aliphatic carbocycles. The molecule has 12 nitrogen and oxygen atoms in total. The van der Waals surface area contributed by atoms with Crippen LogP contribution in [0.4, 0.5) is 0 Å². The van der Waals surface area contributed by atoms with Crippen molar-refractivity contribution in [3.8, 4) is 0 Å². The van der Waals surface area contributed by atoms with Crippen LogP contribution in [0.3, 0.4) is 0 Å². The van der Waals surface area contributed by atoms with Crippen LogP contribution in [0.5, 0.6) is 0 Å². The van der Waals surface area contributed by atoms with Gasteiger partial charge in [0.1, 0.15) is 5.69 Å². The molecule has 2 aromatic rings. The van der Waals surface area contributed by atoms with Gasteiger partial charge in [-0.05, 0) is 77.5 Å². The number of carbonyl (C=O) groups is 5. The van der Waals surface area contributed by atoms with Gasteiger partial charge in [0.2, 0.25) is 11.5 Å². The maximum atomic E-state index is 13.6. The fourth-order valence-electron chi connectivity index (χ4n) is 6.13. The zero-order valence-electron chi connectivity index (χ0n) is 27.7. The molecule has 1 aromatic carbocycles. The van der Waals surface area contributed by atoms with Crippen LogP contribution in [0.2, 0.25) is 0 Å². The molecule has 1 aromatic heterocycles. The number of aromatic nitrogens is 1. The highest BCUT2D eigenvalue weighted by Gasteiger charge is 2.63. The lowest BCUT2D eigenvalue weighted by Crippen LogP contribution is -2.60. The minimum atomic E-state index is -1.69. The molecule has 2 N–H and O–H groups in total. The van der Waals surface area contributed by atoms with E-state index in [0.29, 0.717) is 30.9 Å². The molecule has 252 valence electrons. The number of β-lactam (4-membered cyclic amide) rings is 1. The highest BCUT2D eigenvalue weighted by Crippen LogP contribution is 2.52. The Morgan fingerprint density at radius 3 is 2.53 bits per heavy atom. The number of hydrogen-bond acceptors (Lipinski definition) is 12. The number of thiazole rings is 1. The first-order chi connectivity index (χ1) is 22.1. The number of carboxylic acid groups (broad SMARTS) is 1. The average Bonchev–Trinajstić information content (AvgIpc) is 3.75. The molecule has 3 fully saturated rings. The lowest BCUT2D eigenvalue weighted by atomic mass is 9.90. The summed E-state index contributed by atoms with van der Waals surface area (Å²) in [4.78, 5) is 75.0. The van der Waals surface area contributed by atoms with E-state index in [9.17, 15) is 29.1 Å². The zero-order valence-corrected chi connectivity index (χ0v) is 29.3. The van der Waals surface area contributed by atoms with Gasteiger partial charge in [0.15, 0.2) is 27.9 Å². The van der Waals surface area contributed by atoms with E-state index in [4.69, 9.17) is 4.84 Å². The van der Waals surface area contributed by atoms with Gasteiger partial charge in [-0.15, -0.1) is 23.1 Å². The van der Waals surface area contributed by atoms with Crippen molar-refractivity contribution >= 4 is 58.0 Å². The van der Waals surface area contributed by atoms with E-state index in [2.05, 4.69) is 15.6 Å². The number of aliphatic carboxylic acids is 1. The van der Waals surface area contributed by atoms with Gasteiger partial charge in [0.05, 0.1) is 22.8 Å². The van der Waals surface area contributed by atoms with E-state index >= 15 is 0 Å². The third-order valence-electron chi connectivity index (χ3n) is 9.50. The van der Waals surface area contributed by atoms with Crippen LogP contribution in [0.15, 0.2) is 22.7 Å². The number of ketones is 3. The van der Waals surface area contributed by atoms with E-state index in [0.717, 1.165) is 22.3 Å². The molecule has 4 heterocycles. The van der Waals surface area contributed by atoms with E-state index in [-0.39, 0.29) is 47.8 Å². The minimum Gasteiger partial charge on any atom is -0.478 e. The molecular formula is C33H41N5O7S2. The van der Waals surface area contributed by atoms with Gasteiger partial charge in [-0.2, -0.15) is 0 Å². The summed E-state index contributed by atoms with van der Waals surface area (Å²) >= 11 is 2.67. The number of hydrogen-bond donors (Lipinski definition) is 2. The van der Waals surface area contributed by atoms with E-state index in [1.54, 1.807) is 17.2 Å². The first-order valence-electron chi connectivity index (χ1n) is 15.6. The summed E-state index contributed by atoms with van der Waals surface area (Å²) in [5, 5.41) is 17.2. The number of carboxylic acids is 1. The maximum Gasteiger partial charge on any atom is 0.350 e. The molecule has 1 amide bonds. The van der Waals surface area contributed by atoms with Crippen LogP contribution in [0, 0.1) is 39.5 Å². The van der Waals surface area contributed by atoms with Gasteiger partial charge >= 0.3 is 5.97 Å². The molecule has 5 rings (SSSR count). The molecule has 4 atom stereocenters. The van der Waals surface area contributed by atoms with Crippen LogP contribution in [0.1, 0.15) is 77.8 Å². The van der Waals surface area contributed by atoms with Crippen LogP contribution in [0.25, 0.3) is 0 Å². The Morgan fingerprint density at radius 1 is 1.17 bits per heavy atom. The van der Waals surface area contributed by atoms with Gasteiger partial charge in [0, 0.05) is 36.9 Å². The second kappa shape index (κ2) is 13.2. The molecule has 3 aliphatic rings. The van der Waals surface area contributed by atoms with E-state index in [1.165, 1.54) is 43.9 Å². The van der Waals surface area contributed by atoms with Crippen molar-refractivity contribution in [2.45, 2.75) is 83.6 Å². The number of rotatable bonds is 13.